The van der Waals surface area contributed by atoms with Gasteiger partial charge in [0.15, 0.2) is 0 Å². The van der Waals surface area contributed by atoms with Gasteiger partial charge in [-0.25, -0.2) is 9.97 Å². The van der Waals surface area contributed by atoms with E-state index in [0.717, 1.165) is 30.5 Å². The van der Waals surface area contributed by atoms with Crippen molar-refractivity contribution in [3.05, 3.63) is 11.9 Å². The molecule has 1 atom stereocenters. The Morgan fingerprint density at radius 3 is 2.17 bits per heavy atom. The lowest BCUT2D eigenvalue weighted by Gasteiger charge is -2.14. The normalized spacial score (nSPS) is 12.6. The second kappa shape index (κ2) is 7.19. The van der Waals surface area contributed by atoms with E-state index in [-0.39, 0.29) is 0 Å². The van der Waals surface area contributed by atoms with Crippen LogP contribution in [0.2, 0.25) is 0 Å². The molecule has 4 nitrogen and oxygen atoms in total. The fourth-order valence-electron chi connectivity index (χ4n) is 1.51. The van der Waals surface area contributed by atoms with Gasteiger partial charge in [-0.3, -0.25) is 0 Å². The fraction of sp³-hybridized carbons (Fsp3) is 0.714. The molecule has 2 N–H and O–H groups in total. The van der Waals surface area contributed by atoms with Crippen LogP contribution in [0.15, 0.2) is 6.07 Å². The van der Waals surface area contributed by atoms with E-state index in [1.165, 1.54) is 6.42 Å². The van der Waals surface area contributed by atoms with E-state index in [4.69, 9.17) is 0 Å². The summed E-state index contributed by atoms with van der Waals surface area (Å²) in [5.74, 6) is 3.71. The molecule has 0 aliphatic carbocycles. The minimum atomic E-state index is 0.341. The zero-order valence-electron chi connectivity index (χ0n) is 12.2. The highest BCUT2D eigenvalue weighted by Crippen LogP contribution is 2.17. The van der Waals surface area contributed by atoms with Gasteiger partial charge in [-0.2, -0.15) is 0 Å². The van der Waals surface area contributed by atoms with Gasteiger partial charge in [0.25, 0.3) is 0 Å². The summed E-state index contributed by atoms with van der Waals surface area (Å²) in [6.07, 6.45) is 1.18. The van der Waals surface area contributed by atoms with E-state index >= 15 is 0 Å². The fourth-order valence-corrected chi connectivity index (χ4v) is 1.51. The summed E-state index contributed by atoms with van der Waals surface area (Å²) in [7, 11) is 0. The van der Waals surface area contributed by atoms with Gasteiger partial charge in [-0.05, 0) is 12.8 Å². The molecule has 102 valence electrons. The Balaban J connectivity index is 2.82. The van der Waals surface area contributed by atoms with Crippen molar-refractivity contribution in [1.29, 1.82) is 0 Å². The van der Waals surface area contributed by atoms with Crippen molar-refractivity contribution in [3.8, 4) is 0 Å². The monoisotopic (exact) mass is 250 g/mol. The Morgan fingerprint density at radius 1 is 1.06 bits per heavy atom. The molecule has 0 aliphatic rings. The molecule has 0 aromatic carbocycles. The Bertz CT molecular complexity index is 363. The smallest absolute Gasteiger partial charge is 0.135 e. The standard InChI is InChI=1S/C14H26N4/c1-6-11(5)9-16-13-8-12(15-7-2)17-14(18-13)10(3)4/h8,10-11H,6-7,9H2,1-5H3,(H2,15,16,17,18). The van der Waals surface area contributed by atoms with Gasteiger partial charge in [0.05, 0.1) is 0 Å². The van der Waals surface area contributed by atoms with Crippen molar-refractivity contribution >= 4 is 11.6 Å². The van der Waals surface area contributed by atoms with Gasteiger partial charge in [-0.1, -0.05) is 34.1 Å². The summed E-state index contributed by atoms with van der Waals surface area (Å²) in [6.45, 7) is 12.6. The summed E-state index contributed by atoms with van der Waals surface area (Å²) in [5, 5.41) is 6.65. The van der Waals surface area contributed by atoms with Gasteiger partial charge in [0.1, 0.15) is 17.5 Å². The maximum absolute atomic E-state index is 4.56. The quantitative estimate of drug-likeness (QED) is 0.777. The second-order valence-corrected chi connectivity index (χ2v) is 5.08. The molecule has 18 heavy (non-hydrogen) atoms. The van der Waals surface area contributed by atoms with E-state index in [2.05, 4.69) is 55.2 Å². The van der Waals surface area contributed by atoms with Crippen LogP contribution in [0.25, 0.3) is 0 Å². The van der Waals surface area contributed by atoms with Crippen molar-refractivity contribution in [2.45, 2.75) is 47.0 Å². The number of hydrogen-bond donors (Lipinski definition) is 2. The molecule has 0 fully saturated rings. The van der Waals surface area contributed by atoms with Crippen LogP contribution in [-0.2, 0) is 0 Å². The number of hydrogen-bond acceptors (Lipinski definition) is 4. The number of rotatable bonds is 7. The largest absolute Gasteiger partial charge is 0.370 e. The maximum Gasteiger partial charge on any atom is 0.135 e. The van der Waals surface area contributed by atoms with Crippen LogP contribution in [0.4, 0.5) is 11.6 Å². The van der Waals surface area contributed by atoms with E-state index in [9.17, 15) is 0 Å². The summed E-state index contributed by atoms with van der Waals surface area (Å²) >= 11 is 0. The lowest BCUT2D eigenvalue weighted by molar-refractivity contribution is 0.592. The Morgan fingerprint density at radius 2 is 1.67 bits per heavy atom. The third kappa shape index (κ3) is 4.51. The van der Waals surface area contributed by atoms with Crippen LogP contribution in [-0.4, -0.2) is 23.1 Å². The van der Waals surface area contributed by atoms with Crippen molar-refractivity contribution in [1.82, 2.24) is 9.97 Å². The number of nitrogens with one attached hydrogen (secondary N) is 2. The molecule has 0 bridgehead atoms. The van der Waals surface area contributed by atoms with Crippen LogP contribution in [0, 0.1) is 5.92 Å². The second-order valence-electron chi connectivity index (χ2n) is 5.08. The highest BCUT2D eigenvalue weighted by Gasteiger charge is 2.08. The summed E-state index contributed by atoms with van der Waals surface area (Å²) in [6, 6.07) is 1.98. The molecule has 4 heteroatoms. The van der Waals surface area contributed by atoms with Crippen LogP contribution in [0.1, 0.15) is 52.8 Å². The molecule has 1 heterocycles. The lowest BCUT2D eigenvalue weighted by atomic mass is 10.1. The third-order valence-corrected chi connectivity index (χ3v) is 2.95. The lowest BCUT2D eigenvalue weighted by Crippen LogP contribution is -2.13. The molecule has 0 radical (unpaired) electrons. The van der Waals surface area contributed by atoms with Crippen LogP contribution >= 0.6 is 0 Å². The molecule has 1 aromatic rings. The molecule has 0 spiro atoms. The zero-order chi connectivity index (χ0) is 13.5. The van der Waals surface area contributed by atoms with E-state index in [1.54, 1.807) is 0 Å². The molecular weight excluding hydrogens is 224 g/mol. The van der Waals surface area contributed by atoms with E-state index in [0.29, 0.717) is 11.8 Å². The molecule has 1 rings (SSSR count). The van der Waals surface area contributed by atoms with Gasteiger partial charge >= 0.3 is 0 Å². The summed E-state index contributed by atoms with van der Waals surface area (Å²) in [5.41, 5.74) is 0. The molecule has 1 aromatic heterocycles. The molecular formula is C14H26N4. The van der Waals surface area contributed by atoms with Crippen LogP contribution in [0.3, 0.4) is 0 Å². The SMILES string of the molecule is CCNc1cc(NCC(C)CC)nc(C(C)C)n1. The topological polar surface area (TPSA) is 49.8 Å². The summed E-state index contributed by atoms with van der Waals surface area (Å²) < 4.78 is 0. The Kier molecular flexibility index (Phi) is 5.89. The van der Waals surface area contributed by atoms with E-state index < -0.39 is 0 Å². The third-order valence-electron chi connectivity index (χ3n) is 2.95. The molecule has 0 amide bonds. The first-order valence-electron chi connectivity index (χ1n) is 6.93. The highest BCUT2D eigenvalue weighted by molar-refractivity contribution is 5.47. The first-order valence-corrected chi connectivity index (χ1v) is 6.93. The molecule has 0 saturated carbocycles. The number of anilines is 2. The Labute approximate surface area is 111 Å². The van der Waals surface area contributed by atoms with Gasteiger partial charge in [0, 0.05) is 25.1 Å². The van der Waals surface area contributed by atoms with Gasteiger partial charge < -0.3 is 10.6 Å². The Hall–Kier alpha value is -1.32. The molecule has 1 unspecified atom stereocenters. The van der Waals surface area contributed by atoms with E-state index in [1.807, 2.05) is 6.07 Å². The highest BCUT2D eigenvalue weighted by atomic mass is 15.1. The van der Waals surface area contributed by atoms with Crippen molar-refractivity contribution in [2.75, 3.05) is 23.7 Å². The number of aromatic nitrogens is 2. The number of nitrogens with zero attached hydrogens (tertiary/aromatic N) is 2. The predicted molar refractivity (Wildman–Crippen MR) is 78.2 cm³/mol. The molecule has 0 saturated heterocycles. The van der Waals surface area contributed by atoms with Crippen LogP contribution in [0.5, 0.6) is 0 Å². The van der Waals surface area contributed by atoms with Gasteiger partial charge in [0.2, 0.25) is 0 Å². The zero-order valence-corrected chi connectivity index (χ0v) is 12.2. The maximum atomic E-state index is 4.56. The van der Waals surface area contributed by atoms with Gasteiger partial charge in [-0.15, -0.1) is 0 Å². The first kappa shape index (κ1) is 14.7. The summed E-state index contributed by atoms with van der Waals surface area (Å²) in [4.78, 5) is 9.07. The van der Waals surface area contributed by atoms with Crippen molar-refractivity contribution in [2.24, 2.45) is 5.92 Å². The minimum absolute atomic E-state index is 0.341. The van der Waals surface area contributed by atoms with Crippen molar-refractivity contribution in [3.63, 3.8) is 0 Å². The van der Waals surface area contributed by atoms with Crippen LogP contribution < -0.4 is 10.6 Å². The first-order chi connectivity index (χ1) is 8.56. The minimum Gasteiger partial charge on any atom is -0.370 e. The average molecular weight is 250 g/mol. The average Bonchev–Trinajstić information content (AvgIpc) is 2.36. The molecule has 0 aliphatic heterocycles. The predicted octanol–water partition coefficient (Wildman–Crippen LogP) is 3.49. The van der Waals surface area contributed by atoms with Crippen molar-refractivity contribution < 1.29 is 0 Å².